The second-order valence-corrected chi connectivity index (χ2v) is 6.29. The second-order valence-electron chi connectivity index (χ2n) is 5.09. The number of hydrogen-bond acceptors (Lipinski definition) is 3. The number of pyridine rings is 1. The summed E-state index contributed by atoms with van der Waals surface area (Å²) in [6.45, 7) is 0. The Morgan fingerprint density at radius 2 is 1.91 bits per heavy atom. The Bertz CT molecular complexity index is 1030. The van der Waals surface area contributed by atoms with Crippen LogP contribution in [0.2, 0.25) is 5.02 Å². The van der Waals surface area contributed by atoms with E-state index >= 15 is 0 Å². The molecule has 0 aliphatic carbocycles. The molecule has 114 valence electrons. The molecule has 2 aromatic heterocycles. The molecule has 23 heavy (non-hydrogen) atoms. The van der Waals surface area contributed by atoms with Crippen molar-refractivity contribution >= 4 is 49.6 Å². The van der Waals surface area contributed by atoms with Gasteiger partial charge in [0.2, 0.25) is 0 Å². The van der Waals surface area contributed by atoms with Gasteiger partial charge in [-0.05, 0) is 34.1 Å². The fourth-order valence-corrected chi connectivity index (χ4v) is 3.55. The molecule has 0 unspecified atom stereocenters. The summed E-state index contributed by atoms with van der Waals surface area (Å²) < 4.78 is 12.1. The molecular weight excluding hydrogens is 378 g/mol. The third kappa shape index (κ3) is 2.30. The quantitative estimate of drug-likeness (QED) is 0.418. The van der Waals surface area contributed by atoms with Crippen molar-refractivity contribution in [1.29, 1.82) is 0 Å². The molecule has 4 aromatic rings. The molecule has 0 amide bonds. The molecule has 0 aliphatic heterocycles. The van der Waals surface area contributed by atoms with E-state index < -0.39 is 0 Å². The number of benzene rings is 2. The highest BCUT2D eigenvalue weighted by molar-refractivity contribution is 9.10. The third-order valence-corrected chi connectivity index (χ3v) is 4.80. The fraction of sp³-hybridized carbons (Fsp3) is 0.0556. The van der Waals surface area contributed by atoms with Crippen LogP contribution in [0.5, 0.6) is 5.75 Å². The summed E-state index contributed by atoms with van der Waals surface area (Å²) in [5.41, 5.74) is 3.82. The number of methoxy groups -OCH3 is 1. The van der Waals surface area contributed by atoms with Crippen molar-refractivity contribution in [2.75, 3.05) is 7.11 Å². The lowest BCUT2D eigenvalue weighted by Crippen LogP contribution is -1.86. The Morgan fingerprint density at radius 3 is 2.65 bits per heavy atom. The lowest BCUT2D eigenvalue weighted by molar-refractivity contribution is 0.413. The van der Waals surface area contributed by atoms with Crippen LogP contribution in [0.4, 0.5) is 0 Å². The zero-order chi connectivity index (χ0) is 16.0. The molecule has 0 aliphatic rings. The lowest BCUT2D eigenvalue weighted by Gasteiger charge is -2.04. The van der Waals surface area contributed by atoms with Crippen LogP contribution in [0.15, 0.2) is 57.4 Å². The molecule has 2 aromatic carbocycles. The monoisotopic (exact) mass is 387 g/mol. The normalized spacial score (nSPS) is 11.3. The first-order valence-electron chi connectivity index (χ1n) is 6.99. The van der Waals surface area contributed by atoms with E-state index in [9.17, 15) is 0 Å². The van der Waals surface area contributed by atoms with Crippen LogP contribution in [0, 0.1) is 0 Å². The molecule has 0 fully saturated rings. The Labute approximate surface area is 146 Å². The molecule has 0 atom stereocenters. The Morgan fingerprint density at radius 1 is 1.13 bits per heavy atom. The van der Waals surface area contributed by atoms with Gasteiger partial charge in [0.05, 0.1) is 27.7 Å². The molecule has 2 heterocycles. The van der Waals surface area contributed by atoms with Crippen molar-refractivity contribution in [3.05, 3.63) is 58.0 Å². The molecule has 0 saturated heterocycles. The highest BCUT2D eigenvalue weighted by Gasteiger charge is 2.18. The Kier molecular flexibility index (Phi) is 3.51. The summed E-state index contributed by atoms with van der Waals surface area (Å²) in [5.74, 6) is 0.725. The predicted molar refractivity (Wildman–Crippen MR) is 96.2 cm³/mol. The van der Waals surface area contributed by atoms with Gasteiger partial charge in [-0.3, -0.25) is 0 Å². The van der Waals surface area contributed by atoms with Crippen LogP contribution < -0.4 is 4.74 Å². The molecule has 0 N–H and O–H groups in total. The van der Waals surface area contributed by atoms with Crippen LogP contribution in [0.3, 0.4) is 0 Å². The largest absolute Gasteiger partial charge is 0.496 e. The molecule has 0 saturated carbocycles. The smallest absolute Gasteiger partial charge is 0.172 e. The zero-order valence-corrected chi connectivity index (χ0v) is 14.5. The van der Waals surface area contributed by atoms with Gasteiger partial charge in [-0.25, -0.2) is 4.98 Å². The zero-order valence-electron chi connectivity index (χ0n) is 12.1. The van der Waals surface area contributed by atoms with Gasteiger partial charge in [-0.15, -0.1) is 0 Å². The fourth-order valence-electron chi connectivity index (χ4n) is 2.64. The maximum Gasteiger partial charge on any atom is 0.172 e. The molecule has 5 heteroatoms. The summed E-state index contributed by atoms with van der Waals surface area (Å²) in [5, 5.41) is 1.40. The van der Waals surface area contributed by atoms with E-state index in [0.717, 1.165) is 32.4 Å². The van der Waals surface area contributed by atoms with Gasteiger partial charge in [-0.2, -0.15) is 0 Å². The van der Waals surface area contributed by atoms with Gasteiger partial charge in [0.15, 0.2) is 5.58 Å². The highest BCUT2D eigenvalue weighted by atomic mass is 79.9. The number of furan rings is 1. The van der Waals surface area contributed by atoms with E-state index in [2.05, 4.69) is 15.9 Å². The summed E-state index contributed by atoms with van der Waals surface area (Å²) in [6, 6.07) is 15.5. The van der Waals surface area contributed by atoms with Crippen LogP contribution in [0.25, 0.3) is 33.3 Å². The van der Waals surface area contributed by atoms with Crippen LogP contribution >= 0.6 is 27.5 Å². The van der Waals surface area contributed by atoms with E-state index in [-0.39, 0.29) is 0 Å². The number of nitrogens with zero attached hydrogens (tertiary/aromatic N) is 1. The molecule has 0 spiro atoms. The number of ether oxygens (including phenoxy) is 1. The summed E-state index contributed by atoms with van der Waals surface area (Å²) in [6.07, 6.45) is 0. The first kappa shape index (κ1) is 14.5. The summed E-state index contributed by atoms with van der Waals surface area (Å²) >= 11 is 10.0. The van der Waals surface area contributed by atoms with Crippen molar-refractivity contribution in [1.82, 2.24) is 4.98 Å². The average Bonchev–Trinajstić information content (AvgIpc) is 2.96. The number of fused-ring (bicyclic) bond motifs is 3. The van der Waals surface area contributed by atoms with Crippen LogP contribution in [-0.4, -0.2) is 12.1 Å². The van der Waals surface area contributed by atoms with E-state index in [1.54, 1.807) is 7.11 Å². The van der Waals surface area contributed by atoms with Crippen molar-refractivity contribution < 1.29 is 9.15 Å². The van der Waals surface area contributed by atoms with E-state index in [1.807, 2.05) is 48.5 Å². The van der Waals surface area contributed by atoms with Crippen molar-refractivity contribution in [3.8, 4) is 17.0 Å². The van der Waals surface area contributed by atoms with Crippen molar-refractivity contribution in [2.45, 2.75) is 0 Å². The van der Waals surface area contributed by atoms with Crippen molar-refractivity contribution in [3.63, 3.8) is 0 Å². The van der Waals surface area contributed by atoms with Crippen LogP contribution in [0.1, 0.15) is 0 Å². The van der Waals surface area contributed by atoms with E-state index in [4.69, 9.17) is 25.7 Å². The maximum absolute atomic E-state index is 6.43. The predicted octanol–water partition coefficient (Wildman–Crippen LogP) is 6.07. The number of rotatable bonds is 2. The van der Waals surface area contributed by atoms with Gasteiger partial charge < -0.3 is 9.15 Å². The SMILES string of the molecule is COc1ccc2oc3c(Cl)cc(-c4ccccc4)nc3c2c1Br. The number of halogens is 2. The van der Waals surface area contributed by atoms with Crippen molar-refractivity contribution in [2.24, 2.45) is 0 Å². The topological polar surface area (TPSA) is 35.3 Å². The van der Waals surface area contributed by atoms with E-state index in [0.29, 0.717) is 16.2 Å². The van der Waals surface area contributed by atoms with Gasteiger partial charge in [0.1, 0.15) is 16.8 Å². The molecule has 0 radical (unpaired) electrons. The average molecular weight is 389 g/mol. The lowest BCUT2D eigenvalue weighted by atomic mass is 10.1. The van der Waals surface area contributed by atoms with Gasteiger partial charge in [0, 0.05) is 5.56 Å². The highest BCUT2D eigenvalue weighted by Crippen LogP contribution is 2.41. The van der Waals surface area contributed by atoms with Gasteiger partial charge in [-0.1, -0.05) is 41.9 Å². The van der Waals surface area contributed by atoms with Gasteiger partial charge >= 0.3 is 0 Å². The summed E-state index contributed by atoms with van der Waals surface area (Å²) in [7, 11) is 1.63. The molecule has 0 bridgehead atoms. The number of aromatic nitrogens is 1. The third-order valence-electron chi connectivity index (χ3n) is 3.73. The first-order valence-corrected chi connectivity index (χ1v) is 8.17. The van der Waals surface area contributed by atoms with Gasteiger partial charge in [0.25, 0.3) is 0 Å². The second kappa shape index (κ2) is 5.55. The maximum atomic E-state index is 6.43. The van der Waals surface area contributed by atoms with Crippen LogP contribution in [-0.2, 0) is 0 Å². The molecule has 4 rings (SSSR count). The minimum atomic E-state index is 0.538. The standard InChI is InChI=1S/C18H11BrClNO2/c1-22-14-8-7-13-15(16(14)19)17-18(23-13)11(20)9-12(21-17)10-5-3-2-4-6-10/h2-9H,1H3. The Balaban J connectivity index is 2.09. The first-order chi connectivity index (χ1) is 11.2. The minimum absolute atomic E-state index is 0.538. The molecule has 3 nitrogen and oxygen atoms in total. The molecular formula is C18H11BrClNO2. The van der Waals surface area contributed by atoms with E-state index in [1.165, 1.54) is 0 Å². The number of hydrogen-bond donors (Lipinski definition) is 0. The summed E-state index contributed by atoms with van der Waals surface area (Å²) in [4.78, 5) is 4.77. The Hall–Kier alpha value is -2.04. The minimum Gasteiger partial charge on any atom is -0.496 e.